The number of hydrogen-bond acceptors (Lipinski definition) is 6. The predicted molar refractivity (Wildman–Crippen MR) is 102 cm³/mol. The molecule has 0 aliphatic heterocycles. The largest absolute Gasteiger partial charge is 0.336 e. The van der Waals surface area contributed by atoms with Crippen LogP contribution in [0.3, 0.4) is 0 Å². The van der Waals surface area contributed by atoms with Crippen LogP contribution in [0.4, 0.5) is 13.2 Å². The van der Waals surface area contributed by atoms with Crippen molar-refractivity contribution in [2.45, 2.75) is 24.8 Å². The SMILES string of the molecule is Cn1cc2cc(C(F)(F)c3nnc4sc(-c5cnn(C6CC6)c5)nn34)c(F)cc2n1. The fourth-order valence-corrected chi connectivity index (χ4v) is 4.26. The number of benzene rings is 1. The Kier molecular flexibility index (Phi) is 3.44. The van der Waals surface area contributed by atoms with E-state index < -0.39 is 23.1 Å². The number of hydrogen-bond donors (Lipinski definition) is 0. The molecule has 30 heavy (non-hydrogen) atoms. The second-order valence-electron chi connectivity index (χ2n) is 7.33. The highest BCUT2D eigenvalue weighted by Crippen LogP contribution is 2.39. The van der Waals surface area contributed by atoms with E-state index in [4.69, 9.17) is 0 Å². The molecular formula is C18H13F3N8S. The zero-order chi connectivity index (χ0) is 20.6. The molecule has 4 heterocycles. The molecule has 0 radical (unpaired) electrons. The summed E-state index contributed by atoms with van der Waals surface area (Å²) in [5.41, 5.74) is 0.215. The number of rotatable bonds is 4. The fourth-order valence-electron chi connectivity index (χ4n) is 3.45. The first-order chi connectivity index (χ1) is 14.4. The molecule has 0 spiro atoms. The van der Waals surface area contributed by atoms with E-state index in [1.165, 1.54) is 4.68 Å². The zero-order valence-electron chi connectivity index (χ0n) is 15.5. The number of nitrogens with zero attached hydrogens (tertiary/aromatic N) is 8. The fraction of sp³-hybridized carbons (Fsp3) is 0.278. The average molecular weight is 430 g/mol. The minimum atomic E-state index is -3.74. The van der Waals surface area contributed by atoms with E-state index in [9.17, 15) is 4.39 Å². The van der Waals surface area contributed by atoms with Crippen molar-refractivity contribution in [3.05, 3.63) is 47.9 Å². The molecule has 0 amide bonds. The normalized spacial score (nSPS) is 14.9. The van der Waals surface area contributed by atoms with E-state index in [0.717, 1.165) is 46.4 Å². The quantitative estimate of drug-likeness (QED) is 0.436. The molecule has 1 aliphatic carbocycles. The average Bonchev–Trinajstić information content (AvgIpc) is 3.05. The van der Waals surface area contributed by atoms with Crippen LogP contribution in [-0.2, 0) is 13.0 Å². The van der Waals surface area contributed by atoms with Gasteiger partial charge in [0.1, 0.15) is 5.82 Å². The molecule has 4 aromatic heterocycles. The van der Waals surface area contributed by atoms with Crippen LogP contribution in [-0.4, -0.2) is 39.4 Å². The van der Waals surface area contributed by atoms with Crippen LogP contribution in [0.2, 0.25) is 0 Å². The van der Waals surface area contributed by atoms with Crippen molar-refractivity contribution in [3.8, 4) is 10.6 Å². The van der Waals surface area contributed by atoms with Crippen LogP contribution >= 0.6 is 11.3 Å². The number of aromatic nitrogens is 8. The second-order valence-corrected chi connectivity index (χ2v) is 8.29. The van der Waals surface area contributed by atoms with Gasteiger partial charge in [-0.3, -0.25) is 9.36 Å². The summed E-state index contributed by atoms with van der Waals surface area (Å²) in [5.74, 6) is -5.54. The Morgan fingerprint density at radius 1 is 1.13 bits per heavy atom. The lowest BCUT2D eigenvalue weighted by Gasteiger charge is -2.14. The smallest absolute Gasteiger partial charge is 0.275 e. The van der Waals surface area contributed by atoms with E-state index in [1.807, 2.05) is 10.9 Å². The minimum Gasteiger partial charge on any atom is -0.275 e. The summed E-state index contributed by atoms with van der Waals surface area (Å²) in [4.78, 5) is 0.196. The molecule has 1 saturated carbocycles. The maximum atomic E-state index is 15.3. The van der Waals surface area contributed by atoms with Gasteiger partial charge < -0.3 is 0 Å². The molecule has 0 atom stereocenters. The molecule has 152 valence electrons. The lowest BCUT2D eigenvalue weighted by atomic mass is 10.1. The standard InChI is InChI=1S/C18H13F3N8S/c1-27-7-9-4-12(13(19)5-14(9)25-27)18(20,21)16-23-24-17-29(16)26-15(30-17)10-6-22-28(8-10)11-2-3-11/h4-8,11H,2-3H2,1H3. The summed E-state index contributed by atoms with van der Waals surface area (Å²) >= 11 is 1.12. The van der Waals surface area contributed by atoms with E-state index in [0.29, 0.717) is 22.0 Å². The van der Waals surface area contributed by atoms with Gasteiger partial charge in [-0.1, -0.05) is 11.3 Å². The summed E-state index contributed by atoms with van der Waals surface area (Å²) in [5, 5.41) is 20.9. The van der Waals surface area contributed by atoms with Crippen molar-refractivity contribution in [1.82, 2.24) is 39.4 Å². The Balaban J connectivity index is 1.45. The molecular weight excluding hydrogens is 417 g/mol. The molecule has 1 aromatic carbocycles. The number of halogens is 3. The lowest BCUT2D eigenvalue weighted by Crippen LogP contribution is -2.21. The van der Waals surface area contributed by atoms with Gasteiger partial charge in [-0.15, -0.1) is 10.2 Å². The van der Waals surface area contributed by atoms with Crippen LogP contribution in [0, 0.1) is 5.82 Å². The van der Waals surface area contributed by atoms with Crippen molar-refractivity contribution in [2.24, 2.45) is 7.05 Å². The van der Waals surface area contributed by atoms with Crippen LogP contribution in [0.5, 0.6) is 0 Å². The highest BCUT2D eigenvalue weighted by atomic mass is 32.1. The van der Waals surface area contributed by atoms with Gasteiger partial charge in [0.25, 0.3) is 0 Å². The molecule has 6 rings (SSSR count). The molecule has 0 bridgehead atoms. The van der Waals surface area contributed by atoms with Crippen LogP contribution < -0.4 is 0 Å². The van der Waals surface area contributed by atoms with E-state index in [1.54, 1.807) is 19.4 Å². The first kappa shape index (κ1) is 17.6. The summed E-state index contributed by atoms with van der Waals surface area (Å²) in [6.07, 6.45) is 7.20. The molecule has 0 N–H and O–H groups in total. The Labute approximate surface area is 170 Å². The van der Waals surface area contributed by atoms with Crippen molar-refractivity contribution < 1.29 is 13.2 Å². The minimum absolute atomic E-state index is 0.196. The Morgan fingerprint density at radius 2 is 1.97 bits per heavy atom. The summed E-state index contributed by atoms with van der Waals surface area (Å²) in [7, 11) is 1.64. The van der Waals surface area contributed by atoms with Gasteiger partial charge in [0.05, 0.1) is 28.9 Å². The second kappa shape index (κ2) is 5.88. The van der Waals surface area contributed by atoms with Crippen molar-refractivity contribution >= 4 is 27.2 Å². The van der Waals surface area contributed by atoms with Crippen molar-refractivity contribution in [2.75, 3.05) is 0 Å². The molecule has 0 unspecified atom stereocenters. The zero-order valence-corrected chi connectivity index (χ0v) is 16.3. The molecule has 12 heteroatoms. The third-order valence-corrected chi connectivity index (χ3v) is 6.04. The number of fused-ring (bicyclic) bond motifs is 2. The number of alkyl halides is 2. The third-order valence-electron chi connectivity index (χ3n) is 5.09. The first-order valence-corrected chi connectivity index (χ1v) is 10.0. The number of aryl methyl sites for hydroxylation is 1. The maximum absolute atomic E-state index is 15.3. The van der Waals surface area contributed by atoms with Crippen LogP contribution in [0.1, 0.15) is 30.3 Å². The molecule has 8 nitrogen and oxygen atoms in total. The monoisotopic (exact) mass is 430 g/mol. The van der Waals surface area contributed by atoms with E-state index in [-0.39, 0.29) is 4.96 Å². The molecule has 1 fully saturated rings. The van der Waals surface area contributed by atoms with Gasteiger partial charge >= 0.3 is 5.92 Å². The van der Waals surface area contributed by atoms with Crippen LogP contribution in [0.25, 0.3) is 26.4 Å². The van der Waals surface area contributed by atoms with Gasteiger partial charge in [0, 0.05) is 30.9 Å². The van der Waals surface area contributed by atoms with E-state index >= 15 is 8.78 Å². The van der Waals surface area contributed by atoms with Gasteiger partial charge in [-0.2, -0.15) is 28.6 Å². The first-order valence-electron chi connectivity index (χ1n) is 9.18. The van der Waals surface area contributed by atoms with Crippen molar-refractivity contribution in [1.29, 1.82) is 0 Å². The van der Waals surface area contributed by atoms with Gasteiger partial charge in [-0.25, -0.2) is 4.39 Å². The highest BCUT2D eigenvalue weighted by molar-refractivity contribution is 7.19. The topological polar surface area (TPSA) is 78.7 Å². The van der Waals surface area contributed by atoms with Crippen LogP contribution in [0.15, 0.2) is 30.7 Å². The van der Waals surface area contributed by atoms with Gasteiger partial charge in [0.15, 0.2) is 5.01 Å². The lowest BCUT2D eigenvalue weighted by molar-refractivity contribution is 0.0271. The summed E-state index contributed by atoms with van der Waals surface area (Å²) in [6, 6.07) is 2.48. The maximum Gasteiger partial charge on any atom is 0.336 e. The highest BCUT2D eigenvalue weighted by Gasteiger charge is 2.43. The molecule has 1 aliphatic rings. The molecule has 5 aromatic rings. The Morgan fingerprint density at radius 3 is 2.77 bits per heavy atom. The predicted octanol–water partition coefficient (Wildman–Crippen LogP) is 3.55. The van der Waals surface area contributed by atoms with Gasteiger partial charge in [0.2, 0.25) is 10.8 Å². The third kappa shape index (κ3) is 2.56. The molecule has 0 saturated heterocycles. The Bertz CT molecular complexity index is 1420. The van der Waals surface area contributed by atoms with Gasteiger partial charge in [-0.05, 0) is 18.9 Å². The summed E-state index contributed by atoms with van der Waals surface area (Å²) < 4.78 is 49.5. The van der Waals surface area contributed by atoms with Crippen molar-refractivity contribution in [3.63, 3.8) is 0 Å². The van der Waals surface area contributed by atoms with E-state index in [2.05, 4.69) is 25.5 Å². The Hall–Kier alpha value is -3.28. The summed E-state index contributed by atoms with van der Waals surface area (Å²) in [6.45, 7) is 0.